The first-order valence-corrected chi connectivity index (χ1v) is 8.81. The van der Waals surface area contributed by atoms with Crippen LogP contribution in [0.3, 0.4) is 0 Å². The first-order chi connectivity index (χ1) is 13.4. The summed E-state index contributed by atoms with van der Waals surface area (Å²) in [5, 5.41) is 14.2. The highest BCUT2D eigenvalue weighted by molar-refractivity contribution is 5.94. The maximum absolute atomic E-state index is 12.1. The molecule has 0 fully saturated rings. The molecule has 0 aliphatic heterocycles. The fraction of sp³-hybridized carbons (Fsp3) is 0.190. The van der Waals surface area contributed by atoms with Gasteiger partial charge >= 0.3 is 0 Å². The zero-order valence-electron chi connectivity index (χ0n) is 15.6. The van der Waals surface area contributed by atoms with Gasteiger partial charge in [-0.3, -0.25) is 9.59 Å². The molecule has 3 N–H and O–H groups in total. The summed E-state index contributed by atoms with van der Waals surface area (Å²) in [6.07, 6.45) is -1.40. The van der Waals surface area contributed by atoms with Crippen LogP contribution in [0.15, 0.2) is 59.1 Å². The number of nitrogens with zero attached hydrogens (tertiary/aromatic N) is 2. The lowest BCUT2D eigenvalue weighted by molar-refractivity contribution is -0.139. The molecule has 1 heterocycles. The smallest absolute Gasteiger partial charge is 0.259 e. The second-order valence-corrected chi connectivity index (χ2v) is 6.40. The molecule has 0 spiro atoms. The summed E-state index contributed by atoms with van der Waals surface area (Å²) in [4.78, 5) is 24.9. The van der Waals surface area contributed by atoms with Crippen LogP contribution in [0.5, 0.6) is 0 Å². The number of carbonyl (C=O) groups excluding carboxylic acids is 2. The summed E-state index contributed by atoms with van der Waals surface area (Å²) in [6.45, 7) is 2.29. The average molecular weight is 379 g/mol. The van der Waals surface area contributed by atoms with Crippen LogP contribution in [0.2, 0.25) is 0 Å². The molecule has 28 heavy (non-hydrogen) atoms. The fourth-order valence-corrected chi connectivity index (χ4v) is 2.75. The Labute approximate surface area is 162 Å². The third-order valence-corrected chi connectivity index (χ3v) is 4.52. The summed E-state index contributed by atoms with van der Waals surface area (Å²) in [5.74, 6) is -0.863. The Hall–Kier alpha value is -3.45. The topological polar surface area (TPSA) is 110 Å². The molecule has 1 aromatic heterocycles. The van der Waals surface area contributed by atoms with E-state index in [-0.39, 0.29) is 5.76 Å². The molecular weight excluding hydrogens is 358 g/mol. The van der Waals surface area contributed by atoms with E-state index in [0.29, 0.717) is 17.8 Å². The van der Waals surface area contributed by atoms with Gasteiger partial charge in [0, 0.05) is 30.8 Å². The summed E-state index contributed by atoms with van der Waals surface area (Å²) < 4.78 is 5.18. The summed E-state index contributed by atoms with van der Waals surface area (Å²) in [5.41, 5.74) is 8.72. The molecule has 7 nitrogen and oxygen atoms in total. The van der Waals surface area contributed by atoms with E-state index in [1.807, 2.05) is 37.3 Å². The van der Waals surface area contributed by atoms with E-state index >= 15 is 0 Å². The highest BCUT2D eigenvalue weighted by Crippen LogP contribution is 2.28. The van der Waals surface area contributed by atoms with E-state index in [4.69, 9.17) is 10.3 Å². The number of primary amides is 1. The van der Waals surface area contributed by atoms with Crippen LogP contribution in [0.4, 0.5) is 0 Å². The van der Waals surface area contributed by atoms with Crippen LogP contribution in [0.25, 0.3) is 22.4 Å². The van der Waals surface area contributed by atoms with Crippen LogP contribution in [0, 0.1) is 0 Å². The number of hydrogen-bond donors (Lipinski definition) is 2. The fourth-order valence-electron chi connectivity index (χ4n) is 2.75. The molecule has 7 heteroatoms. The Bertz CT molecular complexity index is 1010. The van der Waals surface area contributed by atoms with Gasteiger partial charge in [0.15, 0.2) is 11.9 Å². The second-order valence-electron chi connectivity index (χ2n) is 6.40. The highest BCUT2D eigenvalue weighted by atomic mass is 16.5. The maximum Gasteiger partial charge on any atom is 0.259 e. The SMILES string of the molecule is CCN(C)C(=O)C(O)c1cc(-c2cccc(-c3cccc(C(N)=O)c3)c2)no1. The zero-order valence-corrected chi connectivity index (χ0v) is 15.6. The molecule has 2 aromatic carbocycles. The van der Waals surface area contributed by atoms with E-state index < -0.39 is 17.9 Å². The molecule has 0 saturated carbocycles. The van der Waals surface area contributed by atoms with Gasteiger partial charge in [0.05, 0.1) is 0 Å². The van der Waals surface area contributed by atoms with Crippen molar-refractivity contribution in [1.82, 2.24) is 10.1 Å². The summed E-state index contributed by atoms with van der Waals surface area (Å²) in [7, 11) is 1.60. The number of carbonyl (C=O) groups is 2. The molecular formula is C21H21N3O4. The van der Waals surface area contributed by atoms with Gasteiger partial charge in [0.25, 0.3) is 5.91 Å². The van der Waals surface area contributed by atoms with Crippen LogP contribution >= 0.6 is 0 Å². The number of aliphatic hydroxyl groups excluding tert-OH is 1. The minimum absolute atomic E-state index is 0.0847. The number of nitrogens with two attached hydrogens (primary N) is 1. The van der Waals surface area contributed by atoms with Gasteiger partial charge in [-0.2, -0.15) is 0 Å². The Morgan fingerprint density at radius 3 is 2.43 bits per heavy atom. The summed E-state index contributed by atoms with van der Waals surface area (Å²) >= 11 is 0. The van der Waals surface area contributed by atoms with Crippen LogP contribution in [-0.4, -0.2) is 40.6 Å². The quantitative estimate of drug-likeness (QED) is 0.684. The van der Waals surface area contributed by atoms with Crippen molar-refractivity contribution in [3.63, 3.8) is 0 Å². The van der Waals surface area contributed by atoms with Crippen molar-refractivity contribution in [3.8, 4) is 22.4 Å². The molecule has 0 saturated heterocycles. The molecule has 144 valence electrons. The maximum atomic E-state index is 12.1. The number of rotatable bonds is 6. The Kier molecular flexibility index (Phi) is 5.56. The first kappa shape index (κ1) is 19.3. The lowest BCUT2D eigenvalue weighted by atomic mass is 10.00. The Morgan fingerprint density at radius 1 is 1.11 bits per heavy atom. The van der Waals surface area contributed by atoms with Gasteiger partial charge in [-0.25, -0.2) is 0 Å². The molecule has 0 bridgehead atoms. The number of likely N-dealkylation sites (N-methyl/N-ethyl adjacent to an activating group) is 1. The van der Waals surface area contributed by atoms with Crippen molar-refractivity contribution in [2.75, 3.05) is 13.6 Å². The van der Waals surface area contributed by atoms with Gasteiger partial charge in [-0.15, -0.1) is 0 Å². The van der Waals surface area contributed by atoms with Crippen molar-refractivity contribution in [3.05, 3.63) is 65.9 Å². The van der Waals surface area contributed by atoms with Crippen molar-refractivity contribution in [2.45, 2.75) is 13.0 Å². The molecule has 3 aromatic rings. The molecule has 1 atom stereocenters. The normalized spacial score (nSPS) is 11.8. The Morgan fingerprint density at radius 2 is 1.75 bits per heavy atom. The van der Waals surface area contributed by atoms with E-state index in [9.17, 15) is 14.7 Å². The average Bonchev–Trinajstić information content (AvgIpc) is 3.22. The third kappa shape index (κ3) is 3.94. The van der Waals surface area contributed by atoms with Crippen molar-refractivity contribution in [1.29, 1.82) is 0 Å². The van der Waals surface area contributed by atoms with E-state index in [1.165, 1.54) is 4.90 Å². The lowest BCUT2D eigenvalue weighted by Crippen LogP contribution is -2.31. The molecule has 0 radical (unpaired) electrons. The standard InChI is InChI=1S/C21H21N3O4/c1-3-24(2)21(27)19(25)18-12-17(23-28-18)15-8-4-6-13(10-15)14-7-5-9-16(11-14)20(22)26/h4-12,19,25H,3H2,1-2H3,(H2,22,26). The first-order valence-electron chi connectivity index (χ1n) is 8.81. The number of aromatic nitrogens is 1. The molecule has 1 unspecified atom stereocenters. The van der Waals surface area contributed by atoms with Crippen molar-refractivity contribution < 1.29 is 19.2 Å². The van der Waals surface area contributed by atoms with Crippen LogP contribution in [-0.2, 0) is 4.79 Å². The number of aliphatic hydroxyl groups is 1. The molecule has 0 aliphatic rings. The zero-order chi connectivity index (χ0) is 20.3. The van der Waals surface area contributed by atoms with E-state index in [1.54, 1.807) is 31.3 Å². The highest BCUT2D eigenvalue weighted by Gasteiger charge is 2.25. The second kappa shape index (κ2) is 8.06. The number of benzene rings is 2. The van der Waals surface area contributed by atoms with Crippen LogP contribution in [0.1, 0.15) is 29.1 Å². The van der Waals surface area contributed by atoms with Crippen LogP contribution < -0.4 is 5.73 Å². The monoisotopic (exact) mass is 379 g/mol. The molecule has 3 rings (SSSR count). The van der Waals surface area contributed by atoms with Gasteiger partial charge in [0.2, 0.25) is 5.91 Å². The van der Waals surface area contributed by atoms with E-state index in [2.05, 4.69) is 5.16 Å². The van der Waals surface area contributed by atoms with E-state index in [0.717, 1.165) is 16.7 Å². The van der Waals surface area contributed by atoms with Gasteiger partial charge in [0.1, 0.15) is 5.69 Å². The van der Waals surface area contributed by atoms with Crippen molar-refractivity contribution in [2.24, 2.45) is 5.73 Å². The number of hydrogen-bond acceptors (Lipinski definition) is 5. The van der Waals surface area contributed by atoms with Crippen molar-refractivity contribution >= 4 is 11.8 Å². The Balaban J connectivity index is 1.89. The van der Waals surface area contributed by atoms with Gasteiger partial charge in [-0.05, 0) is 36.2 Å². The minimum Gasteiger partial charge on any atom is -0.376 e. The summed E-state index contributed by atoms with van der Waals surface area (Å²) in [6, 6.07) is 16.0. The lowest BCUT2D eigenvalue weighted by Gasteiger charge is -2.16. The minimum atomic E-state index is -1.40. The molecule has 2 amide bonds. The molecule has 0 aliphatic carbocycles. The largest absolute Gasteiger partial charge is 0.376 e. The van der Waals surface area contributed by atoms with Gasteiger partial charge in [-0.1, -0.05) is 35.5 Å². The number of amides is 2. The predicted octanol–water partition coefficient (Wildman–Crippen LogP) is 2.62. The van der Waals surface area contributed by atoms with Gasteiger partial charge < -0.3 is 20.3 Å². The third-order valence-electron chi connectivity index (χ3n) is 4.52. The predicted molar refractivity (Wildman–Crippen MR) is 104 cm³/mol.